The number of aryl methyl sites for hydroxylation is 2. The Labute approximate surface area is 288 Å². The van der Waals surface area contributed by atoms with Crippen molar-refractivity contribution in [2.45, 2.75) is 97.5 Å². The Balaban J connectivity index is 0.000000505. The number of carbonyl (C=O) groups is 3. The number of halogens is 9. The molecule has 290 valence electrons. The Hall–Kier alpha value is -3.94. The number of piperidine rings is 1. The number of likely N-dealkylation sites (tertiary alicyclic amines) is 1. The molecule has 0 radical (unpaired) electrons. The van der Waals surface area contributed by atoms with Crippen LogP contribution in [-0.2, 0) is 32.9 Å². The summed E-state index contributed by atoms with van der Waals surface area (Å²) in [4.78, 5) is 42.0. The Morgan fingerprint density at radius 3 is 1.61 bits per heavy atom. The minimum atomic E-state index is -5.08. The first-order valence-corrected chi connectivity index (χ1v) is 15.5. The van der Waals surface area contributed by atoms with Gasteiger partial charge in [-0.2, -0.15) is 39.5 Å². The molecule has 0 saturated carbocycles. The van der Waals surface area contributed by atoms with Crippen molar-refractivity contribution in [2.75, 3.05) is 26.2 Å². The summed E-state index contributed by atoms with van der Waals surface area (Å²) in [5.41, 5.74) is 5.30. The molecule has 2 aliphatic rings. The molecule has 1 spiro atoms. The van der Waals surface area contributed by atoms with Gasteiger partial charge in [-0.3, -0.25) is 9.88 Å². The van der Waals surface area contributed by atoms with Crippen LogP contribution >= 0.6 is 0 Å². The van der Waals surface area contributed by atoms with E-state index >= 15 is 0 Å². The number of nitrogens with zero attached hydrogens (tertiary/aromatic N) is 5. The largest absolute Gasteiger partial charge is 0.490 e. The van der Waals surface area contributed by atoms with Gasteiger partial charge in [-0.1, -0.05) is 19.9 Å². The van der Waals surface area contributed by atoms with Crippen molar-refractivity contribution in [1.82, 2.24) is 24.3 Å². The predicted octanol–water partition coefficient (Wildman–Crippen LogP) is 6.38. The highest BCUT2D eigenvalue weighted by Crippen LogP contribution is 2.43. The van der Waals surface area contributed by atoms with E-state index in [0.29, 0.717) is 6.04 Å². The van der Waals surface area contributed by atoms with Crippen molar-refractivity contribution in [2.24, 2.45) is 5.92 Å². The van der Waals surface area contributed by atoms with E-state index in [1.165, 1.54) is 55.4 Å². The summed E-state index contributed by atoms with van der Waals surface area (Å²) in [6.45, 7) is 20.1. The molecule has 3 N–H and O–H groups in total. The van der Waals surface area contributed by atoms with Gasteiger partial charge in [0.25, 0.3) is 0 Å². The second-order valence-electron chi connectivity index (χ2n) is 12.7. The van der Waals surface area contributed by atoms with Gasteiger partial charge in [0.05, 0.1) is 17.1 Å². The minimum Gasteiger partial charge on any atom is -0.475 e. The number of carboxylic acids is 3. The van der Waals surface area contributed by atoms with Crippen molar-refractivity contribution in [1.29, 1.82) is 0 Å². The van der Waals surface area contributed by atoms with Gasteiger partial charge in [-0.15, -0.1) is 0 Å². The molecule has 0 aliphatic carbocycles. The first-order valence-electron chi connectivity index (χ1n) is 15.5. The second kappa shape index (κ2) is 18.0. The molecule has 0 atom stereocenters. The molecular weight excluding hydrogens is 709 g/mol. The SMILES string of the molecule is Cc1cccc(CN2Cc3c(nc(C)n3C(C)C)C3(CCN(CC(C)C)CC3)C2)n1.O=C(O)C(F)(F)F.O=C(O)C(F)(F)F.O=C(O)C(F)(F)F. The van der Waals surface area contributed by atoms with Gasteiger partial charge in [-0.05, 0) is 71.7 Å². The molecule has 2 aliphatic heterocycles. The fraction of sp³-hybridized carbons (Fsp3) is 0.645. The number of hydrogen-bond donors (Lipinski definition) is 3. The number of hydrogen-bond acceptors (Lipinski definition) is 7. The van der Waals surface area contributed by atoms with Crippen LogP contribution in [-0.4, -0.2) is 102 Å². The molecule has 0 amide bonds. The van der Waals surface area contributed by atoms with Gasteiger partial charge in [0.1, 0.15) is 5.82 Å². The van der Waals surface area contributed by atoms with E-state index in [1.807, 2.05) is 0 Å². The van der Waals surface area contributed by atoms with Gasteiger partial charge in [0, 0.05) is 43.3 Å². The quantitative estimate of drug-likeness (QED) is 0.294. The number of alkyl halides is 9. The lowest BCUT2D eigenvalue weighted by atomic mass is 9.72. The van der Waals surface area contributed by atoms with Gasteiger partial charge >= 0.3 is 36.4 Å². The number of fused-ring (bicyclic) bond motifs is 2. The molecule has 4 heterocycles. The van der Waals surface area contributed by atoms with E-state index in [-0.39, 0.29) is 5.41 Å². The minimum absolute atomic E-state index is 0.176. The number of rotatable bonds is 5. The third-order valence-corrected chi connectivity index (χ3v) is 7.60. The Morgan fingerprint density at radius 2 is 1.24 bits per heavy atom. The second-order valence-corrected chi connectivity index (χ2v) is 12.7. The Kier molecular flexibility index (Phi) is 15.9. The predicted molar refractivity (Wildman–Crippen MR) is 164 cm³/mol. The lowest BCUT2D eigenvalue weighted by molar-refractivity contribution is -0.193. The van der Waals surface area contributed by atoms with E-state index in [1.54, 1.807) is 0 Å². The zero-order valence-corrected chi connectivity index (χ0v) is 28.7. The van der Waals surface area contributed by atoms with Crippen LogP contribution in [0, 0.1) is 19.8 Å². The molecule has 1 saturated heterocycles. The molecule has 51 heavy (non-hydrogen) atoms. The van der Waals surface area contributed by atoms with Gasteiger partial charge in [0.2, 0.25) is 0 Å². The number of pyridine rings is 1. The number of imidazole rings is 1. The van der Waals surface area contributed by atoms with E-state index in [4.69, 9.17) is 39.7 Å². The molecule has 0 bridgehead atoms. The third-order valence-electron chi connectivity index (χ3n) is 7.60. The van der Waals surface area contributed by atoms with Gasteiger partial charge < -0.3 is 24.8 Å². The molecule has 20 heteroatoms. The Bertz CT molecular complexity index is 1410. The van der Waals surface area contributed by atoms with Crippen LogP contribution in [0.15, 0.2) is 18.2 Å². The fourth-order valence-electron chi connectivity index (χ4n) is 5.72. The average Bonchev–Trinajstić information content (AvgIpc) is 3.30. The van der Waals surface area contributed by atoms with E-state index in [0.717, 1.165) is 31.2 Å². The summed E-state index contributed by atoms with van der Waals surface area (Å²) in [5, 5.41) is 21.4. The maximum Gasteiger partial charge on any atom is 0.490 e. The van der Waals surface area contributed by atoms with Crippen molar-refractivity contribution in [3.63, 3.8) is 0 Å². The topological polar surface area (TPSA) is 149 Å². The van der Waals surface area contributed by atoms with Crippen LogP contribution in [0.3, 0.4) is 0 Å². The molecular formula is C31H42F9N5O6. The highest BCUT2D eigenvalue weighted by molar-refractivity contribution is 5.73. The first kappa shape index (κ1) is 45.1. The van der Waals surface area contributed by atoms with Crippen LogP contribution in [0.4, 0.5) is 39.5 Å². The summed E-state index contributed by atoms with van der Waals surface area (Å²) in [5.74, 6) is -6.37. The van der Waals surface area contributed by atoms with Crippen LogP contribution < -0.4 is 0 Å². The molecule has 2 aromatic rings. The summed E-state index contributed by atoms with van der Waals surface area (Å²) >= 11 is 0. The zero-order chi connectivity index (χ0) is 39.7. The molecule has 11 nitrogen and oxygen atoms in total. The van der Waals surface area contributed by atoms with Crippen molar-refractivity contribution < 1.29 is 69.2 Å². The Morgan fingerprint density at radius 1 is 0.784 bits per heavy atom. The molecule has 0 unspecified atom stereocenters. The van der Waals surface area contributed by atoms with Crippen LogP contribution in [0.1, 0.15) is 75.2 Å². The maximum absolute atomic E-state index is 10.6. The van der Waals surface area contributed by atoms with Crippen molar-refractivity contribution >= 4 is 17.9 Å². The highest BCUT2D eigenvalue weighted by atomic mass is 19.4. The summed E-state index contributed by atoms with van der Waals surface area (Å²) in [6, 6.07) is 6.83. The maximum atomic E-state index is 10.6. The summed E-state index contributed by atoms with van der Waals surface area (Å²) < 4.78 is 97.7. The number of carboxylic acid groups (broad SMARTS) is 3. The van der Waals surface area contributed by atoms with Crippen LogP contribution in [0.2, 0.25) is 0 Å². The smallest absolute Gasteiger partial charge is 0.475 e. The standard InChI is InChI=1S/C25H39N5.3C2HF3O2/c1-18(2)14-28-12-10-25(11-13-28)17-29(15-22-9-7-8-20(5)26-22)16-23-24(25)27-21(6)30(23)19(3)4;3*3-2(4,5)1(6)7/h7-9,18-19H,10-17H2,1-6H3;3*(H,6,7). The van der Waals surface area contributed by atoms with Crippen molar-refractivity contribution in [3.05, 3.63) is 46.8 Å². The highest BCUT2D eigenvalue weighted by Gasteiger charge is 2.45. The summed E-state index contributed by atoms with van der Waals surface area (Å²) in [6.07, 6.45) is -12.8. The molecule has 4 rings (SSSR count). The molecule has 2 aromatic heterocycles. The molecule has 0 aromatic carbocycles. The van der Waals surface area contributed by atoms with E-state index in [9.17, 15) is 39.5 Å². The fourth-order valence-corrected chi connectivity index (χ4v) is 5.72. The van der Waals surface area contributed by atoms with Gasteiger partial charge in [0.15, 0.2) is 0 Å². The van der Waals surface area contributed by atoms with Crippen LogP contribution in [0.25, 0.3) is 0 Å². The normalized spacial score (nSPS) is 16.3. The summed E-state index contributed by atoms with van der Waals surface area (Å²) in [7, 11) is 0. The van der Waals surface area contributed by atoms with Gasteiger partial charge in [-0.25, -0.2) is 19.4 Å². The third kappa shape index (κ3) is 14.3. The average molecular weight is 752 g/mol. The zero-order valence-electron chi connectivity index (χ0n) is 28.7. The van der Waals surface area contributed by atoms with E-state index in [2.05, 4.69) is 74.1 Å². The lowest BCUT2D eigenvalue weighted by Gasteiger charge is -2.47. The number of aromatic nitrogens is 3. The van der Waals surface area contributed by atoms with Crippen LogP contribution in [0.5, 0.6) is 0 Å². The first-order chi connectivity index (χ1) is 23.1. The van der Waals surface area contributed by atoms with Crippen molar-refractivity contribution in [3.8, 4) is 0 Å². The monoisotopic (exact) mass is 751 g/mol. The van der Waals surface area contributed by atoms with E-state index < -0.39 is 36.4 Å². The number of aliphatic carboxylic acids is 3. The lowest BCUT2D eigenvalue weighted by Crippen LogP contribution is -2.52. The molecule has 1 fully saturated rings.